The molecule has 0 radical (unpaired) electrons. The largest absolute Gasteiger partial charge is 0.418 e. The third-order valence-electron chi connectivity index (χ3n) is 3.55. The Labute approximate surface area is 145 Å². The van der Waals surface area contributed by atoms with Crippen molar-refractivity contribution in [1.82, 2.24) is 4.90 Å². The molecule has 1 unspecified atom stereocenters. The molecule has 5 nitrogen and oxygen atoms in total. The SMILES string of the molecule is CCOC(CC)C(=O)N(CC)CC(=O)Nc1ccccc1C(F)(F)F. The normalized spacial score (nSPS) is 12.6. The van der Waals surface area contributed by atoms with Gasteiger partial charge in [0.1, 0.15) is 6.10 Å². The molecule has 1 aromatic rings. The number of hydrogen-bond acceptors (Lipinski definition) is 3. The van der Waals surface area contributed by atoms with Gasteiger partial charge in [0.15, 0.2) is 0 Å². The fourth-order valence-electron chi connectivity index (χ4n) is 2.32. The average Bonchev–Trinajstić information content (AvgIpc) is 2.56. The van der Waals surface area contributed by atoms with E-state index in [2.05, 4.69) is 5.32 Å². The predicted molar refractivity (Wildman–Crippen MR) is 88.0 cm³/mol. The van der Waals surface area contributed by atoms with Gasteiger partial charge in [0, 0.05) is 13.2 Å². The number of para-hydroxylation sites is 1. The van der Waals surface area contributed by atoms with E-state index in [1.54, 1.807) is 20.8 Å². The fraction of sp³-hybridized carbons (Fsp3) is 0.529. The van der Waals surface area contributed by atoms with Gasteiger partial charge in [0.25, 0.3) is 5.91 Å². The molecular formula is C17H23F3N2O3. The first-order valence-electron chi connectivity index (χ1n) is 8.10. The number of likely N-dealkylation sites (N-methyl/N-ethyl adjacent to an activating group) is 1. The number of hydrogen-bond donors (Lipinski definition) is 1. The zero-order valence-corrected chi connectivity index (χ0v) is 14.5. The van der Waals surface area contributed by atoms with Crippen molar-refractivity contribution in [3.63, 3.8) is 0 Å². The Hall–Kier alpha value is -2.09. The molecule has 8 heteroatoms. The van der Waals surface area contributed by atoms with E-state index in [4.69, 9.17) is 4.74 Å². The van der Waals surface area contributed by atoms with Gasteiger partial charge in [-0.15, -0.1) is 0 Å². The van der Waals surface area contributed by atoms with Crippen LogP contribution < -0.4 is 5.32 Å². The number of ether oxygens (including phenoxy) is 1. The average molecular weight is 360 g/mol. The number of nitrogens with one attached hydrogen (secondary N) is 1. The van der Waals surface area contributed by atoms with Gasteiger partial charge in [-0.3, -0.25) is 9.59 Å². The molecule has 2 amide bonds. The van der Waals surface area contributed by atoms with E-state index in [1.165, 1.54) is 23.1 Å². The van der Waals surface area contributed by atoms with Crippen molar-refractivity contribution in [3.8, 4) is 0 Å². The highest BCUT2D eigenvalue weighted by molar-refractivity contribution is 5.95. The van der Waals surface area contributed by atoms with Gasteiger partial charge in [-0.25, -0.2) is 0 Å². The maximum Gasteiger partial charge on any atom is 0.418 e. The summed E-state index contributed by atoms with van der Waals surface area (Å²) in [6.45, 7) is 5.49. The molecule has 0 saturated heterocycles. The summed E-state index contributed by atoms with van der Waals surface area (Å²) in [6.07, 6.45) is -4.80. The Morgan fingerprint density at radius 2 is 1.84 bits per heavy atom. The van der Waals surface area contributed by atoms with Crippen molar-refractivity contribution >= 4 is 17.5 Å². The van der Waals surface area contributed by atoms with E-state index in [0.717, 1.165) is 6.07 Å². The predicted octanol–water partition coefficient (Wildman–Crippen LogP) is 3.31. The molecule has 1 rings (SSSR count). The smallest absolute Gasteiger partial charge is 0.369 e. The van der Waals surface area contributed by atoms with Crippen molar-refractivity contribution in [2.75, 3.05) is 25.0 Å². The van der Waals surface area contributed by atoms with Crippen LogP contribution in [0.15, 0.2) is 24.3 Å². The molecule has 1 aromatic carbocycles. The van der Waals surface area contributed by atoms with Crippen LogP contribution in [0.2, 0.25) is 0 Å². The highest BCUT2D eigenvalue weighted by atomic mass is 19.4. The molecule has 0 aromatic heterocycles. The van der Waals surface area contributed by atoms with Gasteiger partial charge in [-0.2, -0.15) is 13.2 Å². The number of carbonyl (C=O) groups is 2. The molecule has 0 fully saturated rings. The fourth-order valence-corrected chi connectivity index (χ4v) is 2.32. The first kappa shape index (κ1) is 21.0. The van der Waals surface area contributed by atoms with Gasteiger partial charge in [0.05, 0.1) is 17.8 Å². The summed E-state index contributed by atoms with van der Waals surface area (Å²) >= 11 is 0. The number of benzene rings is 1. The van der Waals surface area contributed by atoms with Gasteiger partial charge in [-0.05, 0) is 32.4 Å². The lowest BCUT2D eigenvalue weighted by atomic mass is 10.1. The van der Waals surface area contributed by atoms with Crippen LogP contribution in [-0.4, -0.2) is 42.5 Å². The molecule has 0 aliphatic carbocycles. The van der Waals surface area contributed by atoms with Crippen LogP contribution in [0.5, 0.6) is 0 Å². The zero-order chi connectivity index (χ0) is 19.0. The Kier molecular flexibility index (Phi) is 7.89. The highest BCUT2D eigenvalue weighted by Gasteiger charge is 2.33. The lowest BCUT2D eigenvalue weighted by Gasteiger charge is -2.25. The molecule has 0 aliphatic heterocycles. The van der Waals surface area contributed by atoms with E-state index in [0.29, 0.717) is 13.0 Å². The monoisotopic (exact) mass is 360 g/mol. The van der Waals surface area contributed by atoms with E-state index in [9.17, 15) is 22.8 Å². The van der Waals surface area contributed by atoms with Crippen molar-refractivity contribution in [1.29, 1.82) is 0 Å². The van der Waals surface area contributed by atoms with Crippen LogP contribution in [-0.2, 0) is 20.5 Å². The highest BCUT2D eigenvalue weighted by Crippen LogP contribution is 2.34. The summed E-state index contributed by atoms with van der Waals surface area (Å²) in [4.78, 5) is 25.7. The molecule has 0 aliphatic rings. The van der Waals surface area contributed by atoms with Crippen molar-refractivity contribution in [2.24, 2.45) is 0 Å². The maximum absolute atomic E-state index is 13.0. The van der Waals surface area contributed by atoms with E-state index in [-0.39, 0.29) is 24.7 Å². The second kappa shape index (κ2) is 9.41. The van der Waals surface area contributed by atoms with Gasteiger partial charge in [-0.1, -0.05) is 19.1 Å². The second-order valence-electron chi connectivity index (χ2n) is 5.30. The Morgan fingerprint density at radius 3 is 2.36 bits per heavy atom. The summed E-state index contributed by atoms with van der Waals surface area (Å²) in [6, 6.07) is 4.71. The first-order valence-corrected chi connectivity index (χ1v) is 8.10. The third-order valence-corrected chi connectivity index (χ3v) is 3.55. The van der Waals surface area contributed by atoms with Gasteiger partial charge in [0.2, 0.25) is 5.91 Å². The number of alkyl halides is 3. The summed E-state index contributed by atoms with van der Waals surface area (Å²) in [5.41, 5.74) is -1.26. The Bertz CT molecular complexity index is 591. The van der Waals surface area contributed by atoms with Crippen LogP contribution >= 0.6 is 0 Å². The summed E-state index contributed by atoms with van der Waals surface area (Å²) in [7, 11) is 0. The third kappa shape index (κ3) is 6.04. The maximum atomic E-state index is 13.0. The van der Waals surface area contributed by atoms with Crippen molar-refractivity contribution in [2.45, 2.75) is 39.5 Å². The molecular weight excluding hydrogens is 337 g/mol. The number of carbonyl (C=O) groups excluding carboxylic acids is 2. The van der Waals surface area contributed by atoms with Crippen molar-refractivity contribution < 1.29 is 27.5 Å². The van der Waals surface area contributed by atoms with Gasteiger partial charge >= 0.3 is 6.18 Å². The number of amides is 2. The lowest BCUT2D eigenvalue weighted by Crippen LogP contribution is -2.44. The minimum absolute atomic E-state index is 0.247. The number of anilines is 1. The van der Waals surface area contributed by atoms with Crippen molar-refractivity contribution in [3.05, 3.63) is 29.8 Å². The summed E-state index contributed by atoms with van der Waals surface area (Å²) in [5.74, 6) is -1.05. The van der Waals surface area contributed by atoms with Crippen LogP contribution in [0.1, 0.15) is 32.8 Å². The van der Waals surface area contributed by atoms with E-state index in [1.807, 2.05) is 0 Å². The standard InChI is InChI=1S/C17H23F3N2O3/c1-4-14(25-6-3)16(24)22(5-2)11-15(23)21-13-10-8-7-9-12(13)17(18,19)20/h7-10,14H,4-6,11H2,1-3H3,(H,21,23). The van der Waals surface area contributed by atoms with E-state index < -0.39 is 23.8 Å². The molecule has 1 atom stereocenters. The Morgan fingerprint density at radius 1 is 1.20 bits per heavy atom. The molecule has 0 bridgehead atoms. The zero-order valence-electron chi connectivity index (χ0n) is 14.5. The lowest BCUT2D eigenvalue weighted by molar-refractivity contribution is -0.145. The number of halogens is 3. The Balaban J connectivity index is 2.83. The minimum atomic E-state index is -4.58. The molecule has 140 valence electrons. The van der Waals surface area contributed by atoms with Crippen LogP contribution in [0.25, 0.3) is 0 Å². The molecule has 1 N–H and O–H groups in total. The number of rotatable bonds is 8. The van der Waals surface area contributed by atoms with Crippen LogP contribution in [0, 0.1) is 0 Å². The summed E-state index contributed by atoms with van der Waals surface area (Å²) in [5, 5.41) is 2.23. The topological polar surface area (TPSA) is 58.6 Å². The summed E-state index contributed by atoms with van der Waals surface area (Å²) < 4.78 is 44.2. The minimum Gasteiger partial charge on any atom is -0.369 e. The van der Waals surface area contributed by atoms with E-state index >= 15 is 0 Å². The molecule has 0 heterocycles. The van der Waals surface area contributed by atoms with Crippen LogP contribution in [0.3, 0.4) is 0 Å². The number of nitrogens with zero attached hydrogens (tertiary/aromatic N) is 1. The second-order valence-corrected chi connectivity index (χ2v) is 5.30. The van der Waals surface area contributed by atoms with Gasteiger partial charge < -0.3 is 15.0 Å². The first-order chi connectivity index (χ1) is 11.7. The quantitative estimate of drug-likeness (QED) is 0.774. The molecule has 0 spiro atoms. The molecule has 25 heavy (non-hydrogen) atoms. The van der Waals surface area contributed by atoms with Crippen LogP contribution in [0.4, 0.5) is 18.9 Å². The molecule has 0 saturated carbocycles.